The van der Waals surface area contributed by atoms with Gasteiger partial charge in [0.25, 0.3) is 0 Å². The molecule has 96 valence electrons. The summed E-state index contributed by atoms with van der Waals surface area (Å²) in [5.74, 6) is 0. The predicted octanol–water partition coefficient (Wildman–Crippen LogP) is 1.41. The van der Waals surface area contributed by atoms with Crippen molar-refractivity contribution < 1.29 is 5.11 Å². The lowest BCUT2D eigenvalue weighted by molar-refractivity contribution is 0.200. The summed E-state index contributed by atoms with van der Waals surface area (Å²) in [5.41, 5.74) is 8.49. The Hall–Kier alpha value is -2.60. The van der Waals surface area contributed by atoms with Crippen LogP contribution in [0.3, 0.4) is 0 Å². The van der Waals surface area contributed by atoms with E-state index in [1.165, 1.54) is 0 Å². The van der Waals surface area contributed by atoms with Crippen LogP contribution in [0, 0.1) is 0 Å². The Kier molecular flexibility index (Phi) is 2.77. The highest BCUT2D eigenvalue weighted by Gasteiger charge is 2.13. The first-order valence-electron chi connectivity index (χ1n) is 5.82. The van der Waals surface area contributed by atoms with Crippen molar-refractivity contribution in [2.75, 3.05) is 11.1 Å². The first-order chi connectivity index (χ1) is 9.25. The summed E-state index contributed by atoms with van der Waals surface area (Å²) in [5, 5.41) is 17.3. The van der Waals surface area contributed by atoms with Crippen molar-refractivity contribution in [1.82, 2.24) is 14.6 Å². The first-order valence-corrected chi connectivity index (χ1v) is 5.82. The van der Waals surface area contributed by atoms with Gasteiger partial charge in [-0.25, -0.2) is 4.52 Å². The maximum absolute atomic E-state index is 10.2. The number of pyridine rings is 2. The molecule has 1 unspecified atom stereocenters. The Balaban J connectivity index is 1.96. The van der Waals surface area contributed by atoms with E-state index >= 15 is 0 Å². The minimum Gasteiger partial charge on any atom is -0.396 e. The molecule has 0 aliphatic heterocycles. The van der Waals surface area contributed by atoms with Crippen LogP contribution in [0.5, 0.6) is 0 Å². The van der Waals surface area contributed by atoms with Gasteiger partial charge in [0.2, 0.25) is 0 Å². The zero-order valence-electron chi connectivity index (χ0n) is 10.1. The summed E-state index contributed by atoms with van der Waals surface area (Å²) in [7, 11) is 0. The normalized spacial score (nSPS) is 12.5. The highest BCUT2D eigenvalue weighted by molar-refractivity contribution is 5.68. The second kappa shape index (κ2) is 4.58. The van der Waals surface area contributed by atoms with Gasteiger partial charge in [0.1, 0.15) is 0 Å². The molecule has 0 saturated heterocycles. The highest BCUT2D eigenvalue weighted by Crippen LogP contribution is 2.20. The number of aliphatic hydroxyl groups excluding tert-OH is 1. The van der Waals surface area contributed by atoms with Crippen LogP contribution in [-0.2, 0) is 0 Å². The van der Waals surface area contributed by atoms with E-state index in [0.717, 1.165) is 11.2 Å². The van der Waals surface area contributed by atoms with Crippen LogP contribution in [-0.4, -0.2) is 19.7 Å². The van der Waals surface area contributed by atoms with Crippen LogP contribution in [0.25, 0.3) is 5.52 Å². The Bertz CT molecular complexity index is 695. The number of aliphatic hydroxyl groups is 1. The number of nitrogens with two attached hydrogens (primary N) is 1. The zero-order valence-corrected chi connectivity index (χ0v) is 10.1. The Morgan fingerprint density at radius 1 is 1.21 bits per heavy atom. The topological polar surface area (TPSA) is 88.5 Å². The molecule has 1 atom stereocenters. The third-order valence-corrected chi connectivity index (χ3v) is 2.85. The maximum Gasteiger partial charge on any atom is 0.168 e. The van der Waals surface area contributed by atoms with E-state index in [1.54, 1.807) is 35.2 Å². The molecule has 0 spiro atoms. The molecular formula is C13H13N5O. The number of anilines is 2. The molecule has 0 amide bonds. The van der Waals surface area contributed by atoms with Gasteiger partial charge in [0.15, 0.2) is 6.23 Å². The van der Waals surface area contributed by atoms with Crippen molar-refractivity contribution in [2.45, 2.75) is 6.23 Å². The van der Waals surface area contributed by atoms with Gasteiger partial charge in [-0.2, -0.15) is 5.10 Å². The van der Waals surface area contributed by atoms with Crippen LogP contribution in [0.2, 0.25) is 0 Å². The van der Waals surface area contributed by atoms with Gasteiger partial charge in [-0.05, 0) is 24.3 Å². The van der Waals surface area contributed by atoms with E-state index in [-0.39, 0.29) is 0 Å². The third kappa shape index (κ3) is 2.09. The molecule has 0 aliphatic rings. The quantitative estimate of drug-likeness (QED) is 0.616. The highest BCUT2D eigenvalue weighted by atomic mass is 16.3. The maximum atomic E-state index is 10.2. The summed E-state index contributed by atoms with van der Waals surface area (Å²) >= 11 is 0. The summed E-state index contributed by atoms with van der Waals surface area (Å²) in [6.45, 7) is 0. The molecule has 3 aromatic heterocycles. The molecular weight excluding hydrogens is 242 g/mol. The molecule has 0 bridgehead atoms. The standard InChI is InChI=1S/C13H13N5O/c14-10-8-16-18-11(10)4-1-5-12(18)13(19)17-9-3-2-6-15-7-9/h1-8,13,17,19H,14H2. The van der Waals surface area contributed by atoms with Gasteiger partial charge in [0, 0.05) is 6.20 Å². The molecule has 4 N–H and O–H groups in total. The van der Waals surface area contributed by atoms with E-state index in [9.17, 15) is 5.11 Å². The minimum atomic E-state index is -0.896. The Labute approximate surface area is 109 Å². The van der Waals surface area contributed by atoms with Crippen molar-refractivity contribution in [2.24, 2.45) is 0 Å². The van der Waals surface area contributed by atoms with Gasteiger partial charge in [-0.1, -0.05) is 6.07 Å². The number of hydrogen-bond acceptors (Lipinski definition) is 5. The van der Waals surface area contributed by atoms with Crippen molar-refractivity contribution in [3.8, 4) is 0 Å². The summed E-state index contributed by atoms with van der Waals surface area (Å²) in [6, 6.07) is 9.09. The average molecular weight is 255 g/mol. The monoisotopic (exact) mass is 255 g/mol. The second-order valence-electron chi connectivity index (χ2n) is 4.14. The summed E-state index contributed by atoms with van der Waals surface area (Å²) in [4.78, 5) is 3.98. The summed E-state index contributed by atoms with van der Waals surface area (Å²) in [6.07, 6.45) is 3.98. The molecule has 0 aromatic carbocycles. The van der Waals surface area contributed by atoms with Crippen LogP contribution in [0.1, 0.15) is 11.9 Å². The van der Waals surface area contributed by atoms with Crippen molar-refractivity contribution in [3.05, 3.63) is 54.6 Å². The van der Waals surface area contributed by atoms with Crippen LogP contribution in [0.15, 0.2) is 48.9 Å². The van der Waals surface area contributed by atoms with Gasteiger partial charge in [-0.15, -0.1) is 0 Å². The fourth-order valence-electron chi connectivity index (χ4n) is 1.94. The Morgan fingerprint density at radius 2 is 2.11 bits per heavy atom. The average Bonchev–Trinajstić information content (AvgIpc) is 2.82. The molecule has 0 fully saturated rings. The Morgan fingerprint density at radius 3 is 2.89 bits per heavy atom. The van der Waals surface area contributed by atoms with Gasteiger partial charge >= 0.3 is 0 Å². The smallest absolute Gasteiger partial charge is 0.168 e. The summed E-state index contributed by atoms with van der Waals surface area (Å²) < 4.78 is 1.61. The van der Waals surface area contributed by atoms with E-state index in [4.69, 9.17) is 5.73 Å². The lowest BCUT2D eigenvalue weighted by Crippen LogP contribution is -2.14. The van der Waals surface area contributed by atoms with E-state index in [2.05, 4.69) is 15.4 Å². The number of nitrogen functional groups attached to an aromatic ring is 1. The fourth-order valence-corrected chi connectivity index (χ4v) is 1.94. The number of nitrogens with zero attached hydrogens (tertiary/aromatic N) is 3. The molecule has 3 aromatic rings. The SMILES string of the molecule is Nc1cnn2c(C(O)Nc3cccnc3)cccc12. The molecule has 3 heterocycles. The number of nitrogens with one attached hydrogen (secondary N) is 1. The first kappa shape index (κ1) is 11.5. The number of rotatable bonds is 3. The van der Waals surface area contributed by atoms with Crippen molar-refractivity contribution in [1.29, 1.82) is 0 Å². The molecule has 19 heavy (non-hydrogen) atoms. The molecule has 0 radical (unpaired) electrons. The molecule has 6 heteroatoms. The van der Waals surface area contributed by atoms with Gasteiger partial charge < -0.3 is 16.2 Å². The van der Waals surface area contributed by atoms with Crippen molar-refractivity contribution >= 4 is 16.9 Å². The third-order valence-electron chi connectivity index (χ3n) is 2.85. The van der Waals surface area contributed by atoms with Crippen molar-refractivity contribution in [3.63, 3.8) is 0 Å². The number of aromatic nitrogens is 3. The number of hydrogen-bond donors (Lipinski definition) is 3. The molecule has 3 rings (SSSR count). The molecule has 6 nitrogen and oxygen atoms in total. The lowest BCUT2D eigenvalue weighted by atomic mass is 10.2. The van der Waals surface area contributed by atoms with Crippen LogP contribution in [0.4, 0.5) is 11.4 Å². The van der Waals surface area contributed by atoms with E-state index < -0.39 is 6.23 Å². The van der Waals surface area contributed by atoms with Crippen LogP contribution >= 0.6 is 0 Å². The molecule has 0 saturated carbocycles. The van der Waals surface area contributed by atoms with Gasteiger partial charge in [0.05, 0.1) is 35.0 Å². The van der Waals surface area contributed by atoms with Crippen LogP contribution < -0.4 is 11.1 Å². The van der Waals surface area contributed by atoms with E-state index in [1.807, 2.05) is 18.2 Å². The number of fused-ring (bicyclic) bond motifs is 1. The zero-order chi connectivity index (χ0) is 13.2. The van der Waals surface area contributed by atoms with E-state index in [0.29, 0.717) is 11.4 Å². The molecule has 0 aliphatic carbocycles. The predicted molar refractivity (Wildman–Crippen MR) is 72.4 cm³/mol. The fraction of sp³-hybridized carbons (Fsp3) is 0.0769. The lowest BCUT2D eigenvalue weighted by Gasteiger charge is -2.15. The van der Waals surface area contributed by atoms with Gasteiger partial charge in [-0.3, -0.25) is 4.98 Å². The second-order valence-corrected chi connectivity index (χ2v) is 4.14. The largest absolute Gasteiger partial charge is 0.396 e. The minimum absolute atomic E-state index is 0.579.